The molecule has 0 unspecified atom stereocenters. The highest BCUT2D eigenvalue weighted by atomic mass is 32.2. The molecule has 0 spiro atoms. The Bertz CT molecular complexity index is 1370. The molecule has 1 N–H and O–H groups in total. The molecule has 0 heterocycles. The molecule has 3 aromatic rings. The lowest BCUT2D eigenvalue weighted by Gasteiger charge is -2.33. The third kappa shape index (κ3) is 7.47. The summed E-state index contributed by atoms with van der Waals surface area (Å²) in [6.45, 7) is 9.72. The SMILES string of the molecule is CCNC(=O)[C@H](CC)N(CCc1ccccc1)C(=O)CN(c1ccc(C)c(C)c1)S(=O)(=O)c1ccc(C)cc1. The van der Waals surface area contributed by atoms with Gasteiger partial charge in [-0.2, -0.15) is 0 Å². The summed E-state index contributed by atoms with van der Waals surface area (Å²) in [6.07, 6.45) is 0.942. The van der Waals surface area contributed by atoms with Gasteiger partial charge in [0.15, 0.2) is 0 Å². The van der Waals surface area contributed by atoms with Gasteiger partial charge in [-0.1, -0.05) is 61.0 Å². The minimum Gasteiger partial charge on any atom is -0.355 e. The van der Waals surface area contributed by atoms with E-state index >= 15 is 0 Å². The maximum absolute atomic E-state index is 14.0. The molecule has 0 radical (unpaired) electrons. The highest BCUT2D eigenvalue weighted by Crippen LogP contribution is 2.26. The quantitative estimate of drug-likeness (QED) is 0.352. The standard InChI is InChI=1S/C31H39N3O4S/c1-6-29(31(36)32-7-2)33(20-19-26-11-9-8-10-12-26)30(35)22-34(27-16-15-24(4)25(5)21-27)39(37,38)28-17-13-23(3)14-18-28/h8-18,21,29H,6-7,19-20,22H2,1-5H3,(H,32,36)/t29-/m0/s1. The molecule has 2 amide bonds. The zero-order valence-electron chi connectivity index (χ0n) is 23.5. The molecule has 7 nitrogen and oxygen atoms in total. The summed E-state index contributed by atoms with van der Waals surface area (Å²) < 4.78 is 29.0. The number of amides is 2. The Kier molecular flexibility index (Phi) is 10.3. The first-order chi connectivity index (χ1) is 18.6. The van der Waals surface area contributed by atoms with Gasteiger partial charge >= 0.3 is 0 Å². The average molecular weight is 550 g/mol. The van der Waals surface area contributed by atoms with Crippen LogP contribution in [0.1, 0.15) is 42.5 Å². The Hall–Kier alpha value is -3.65. The highest BCUT2D eigenvalue weighted by Gasteiger charge is 2.33. The van der Waals surface area contributed by atoms with E-state index in [0.717, 1.165) is 26.6 Å². The first-order valence-corrected chi connectivity index (χ1v) is 14.8. The van der Waals surface area contributed by atoms with Crippen LogP contribution in [0.4, 0.5) is 5.69 Å². The topological polar surface area (TPSA) is 86.8 Å². The zero-order valence-corrected chi connectivity index (χ0v) is 24.3. The number of nitrogens with zero attached hydrogens (tertiary/aromatic N) is 2. The molecule has 8 heteroatoms. The normalized spacial score (nSPS) is 12.0. The minimum atomic E-state index is -4.07. The number of hydrogen-bond donors (Lipinski definition) is 1. The number of carbonyl (C=O) groups excluding carboxylic acids is 2. The van der Waals surface area contributed by atoms with Crippen LogP contribution in [0.25, 0.3) is 0 Å². The molecule has 3 aromatic carbocycles. The predicted octanol–water partition coefficient (Wildman–Crippen LogP) is 4.79. The summed E-state index contributed by atoms with van der Waals surface area (Å²) >= 11 is 0. The molecule has 39 heavy (non-hydrogen) atoms. The monoisotopic (exact) mass is 549 g/mol. The molecule has 208 valence electrons. The van der Waals surface area contributed by atoms with Crippen molar-refractivity contribution in [1.29, 1.82) is 0 Å². The van der Waals surface area contributed by atoms with Crippen molar-refractivity contribution >= 4 is 27.5 Å². The van der Waals surface area contributed by atoms with Crippen LogP contribution in [0.2, 0.25) is 0 Å². The fourth-order valence-electron chi connectivity index (χ4n) is 4.43. The van der Waals surface area contributed by atoms with Gasteiger partial charge in [-0.15, -0.1) is 0 Å². The van der Waals surface area contributed by atoms with Crippen LogP contribution in [-0.2, 0) is 26.0 Å². The van der Waals surface area contributed by atoms with Gasteiger partial charge in [0.05, 0.1) is 10.6 Å². The number of rotatable bonds is 12. The van der Waals surface area contributed by atoms with E-state index in [9.17, 15) is 18.0 Å². The number of likely N-dealkylation sites (N-methyl/N-ethyl adjacent to an activating group) is 1. The van der Waals surface area contributed by atoms with E-state index in [0.29, 0.717) is 25.1 Å². The van der Waals surface area contributed by atoms with Crippen molar-refractivity contribution in [2.24, 2.45) is 0 Å². The maximum Gasteiger partial charge on any atom is 0.264 e. The Morgan fingerprint density at radius 2 is 1.54 bits per heavy atom. The van der Waals surface area contributed by atoms with E-state index in [2.05, 4.69) is 5.32 Å². The van der Waals surface area contributed by atoms with Crippen LogP contribution in [-0.4, -0.2) is 50.8 Å². The second kappa shape index (κ2) is 13.4. The van der Waals surface area contributed by atoms with Crippen molar-refractivity contribution in [3.63, 3.8) is 0 Å². The number of benzene rings is 3. The number of hydrogen-bond acceptors (Lipinski definition) is 4. The van der Waals surface area contributed by atoms with Crippen LogP contribution in [0.3, 0.4) is 0 Å². The third-order valence-electron chi connectivity index (χ3n) is 6.89. The van der Waals surface area contributed by atoms with Gasteiger partial charge in [0.2, 0.25) is 11.8 Å². The molecule has 0 fully saturated rings. The van der Waals surface area contributed by atoms with Crippen LogP contribution in [0, 0.1) is 20.8 Å². The summed E-state index contributed by atoms with van der Waals surface area (Å²) in [4.78, 5) is 28.6. The van der Waals surface area contributed by atoms with Crippen molar-refractivity contribution in [2.75, 3.05) is 23.9 Å². The second-order valence-corrected chi connectivity index (χ2v) is 11.6. The lowest BCUT2D eigenvalue weighted by Crippen LogP contribution is -2.53. The molecule has 3 rings (SSSR count). The Morgan fingerprint density at radius 3 is 2.13 bits per heavy atom. The van der Waals surface area contributed by atoms with Crippen molar-refractivity contribution < 1.29 is 18.0 Å². The molecular formula is C31H39N3O4S. The van der Waals surface area contributed by atoms with Crippen LogP contribution in [0.5, 0.6) is 0 Å². The van der Waals surface area contributed by atoms with Crippen LogP contribution >= 0.6 is 0 Å². The fraction of sp³-hybridized carbons (Fsp3) is 0.355. The molecule has 0 aromatic heterocycles. The molecular weight excluding hydrogens is 510 g/mol. The number of nitrogens with one attached hydrogen (secondary N) is 1. The van der Waals surface area contributed by atoms with Gasteiger partial charge in [-0.25, -0.2) is 8.42 Å². The Labute approximate surface area is 232 Å². The molecule has 0 saturated carbocycles. The van der Waals surface area contributed by atoms with E-state index in [1.807, 2.05) is 71.0 Å². The third-order valence-corrected chi connectivity index (χ3v) is 8.68. The molecule has 0 saturated heterocycles. The van der Waals surface area contributed by atoms with E-state index in [4.69, 9.17) is 0 Å². The molecule has 1 atom stereocenters. The van der Waals surface area contributed by atoms with Gasteiger partial charge < -0.3 is 10.2 Å². The fourth-order valence-corrected chi connectivity index (χ4v) is 5.84. The summed E-state index contributed by atoms with van der Waals surface area (Å²) in [5.74, 6) is -0.682. The van der Waals surface area contributed by atoms with Gasteiger partial charge in [0, 0.05) is 13.1 Å². The molecule has 0 aliphatic rings. The second-order valence-electron chi connectivity index (χ2n) is 9.73. The van der Waals surface area contributed by atoms with E-state index < -0.39 is 28.5 Å². The number of sulfonamides is 1. The predicted molar refractivity (Wildman–Crippen MR) is 156 cm³/mol. The summed E-state index contributed by atoms with van der Waals surface area (Å²) in [6, 6.07) is 20.9. The largest absolute Gasteiger partial charge is 0.355 e. The average Bonchev–Trinajstić information content (AvgIpc) is 2.92. The lowest BCUT2D eigenvalue weighted by atomic mass is 10.1. The van der Waals surface area contributed by atoms with Crippen molar-refractivity contribution in [3.05, 3.63) is 95.1 Å². The number of carbonyl (C=O) groups is 2. The summed E-state index contributed by atoms with van der Waals surface area (Å²) in [5, 5.41) is 2.83. The first kappa shape index (κ1) is 29.9. The van der Waals surface area contributed by atoms with Gasteiger partial charge in [-0.3, -0.25) is 13.9 Å². The Balaban J connectivity index is 2.03. The maximum atomic E-state index is 14.0. The van der Waals surface area contributed by atoms with Crippen LogP contribution in [0.15, 0.2) is 77.7 Å². The van der Waals surface area contributed by atoms with Crippen molar-refractivity contribution in [1.82, 2.24) is 10.2 Å². The number of anilines is 1. The van der Waals surface area contributed by atoms with E-state index in [1.54, 1.807) is 36.4 Å². The van der Waals surface area contributed by atoms with Gasteiger partial charge in [0.1, 0.15) is 12.6 Å². The highest BCUT2D eigenvalue weighted by molar-refractivity contribution is 7.92. The van der Waals surface area contributed by atoms with Crippen molar-refractivity contribution in [2.45, 2.75) is 58.4 Å². The van der Waals surface area contributed by atoms with E-state index in [1.165, 1.54) is 4.90 Å². The zero-order chi connectivity index (χ0) is 28.6. The number of aryl methyl sites for hydroxylation is 3. The summed E-state index contributed by atoms with van der Waals surface area (Å²) in [5.41, 5.74) is 4.30. The molecule has 0 aliphatic heterocycles. The Morgan fingerprint density at radius 1 is 0.872 bits per heavy atom. The van der Waals surface area contributed by atoms with E-state index in [-0.39, 0.29) is 17.3 Å². The molecule has 0 aliphatic carbocycles. The summed E-state index contributed by atoms with van der Waals surface area (Å²) in [7, 11) is -4.07. The lowest BCUT2D eigenvalue weighted by molar-refractivity contribution is -0.139. The minimum absolute atomic E-state index is 0.103. The van der Waals surface area contributed by atoms with Crippen LogP contribution < -0.4 is 9.62 Å². The first-order valence-electron chi connectivity index (χ1n) is 13.4. The molecule has 0 bridgehead atoms. The van der Waals surface area contributed by atoms with Crippen molar-refractivity contribution in [3.8, 4) is 0 Å². The van der Waals surface area contributed by atoms with Gasteiger partial charge in [-0.05, 0) is 81.5 Å². The van der Waals surface area contributed by atoms with Gasteiger partial charge in [0.25, 0.3) is 10.0 Å². The smallest absolute Gasteiger partial charge is 0.264 e.